The van der Waals surface area contributed by atoms with Crippen LogP contribution in [-0.4, -0.2) is 53.9 Å². The molecule has 0 bridgehead atoms. The summed E-state index contributed by atoms with van der Waals surface area (Å²) in [5.41, 5.74) is 0.366. The van der Waals surface area contributed by atoms with Gasteiger partial charge in [-0.25, -0.2) is 14.8 Å². The molecule has 0 radical (unpaired) electrons. The molecule has 0 spiro atoms. The lowest BCUT2D eigenvalue weighted by Crippen LogP contribution is -2.52. The molecule has 2 heterocycles. The van der Waals surface area contributed by atoms with E-state index >= 15 is 0 Å². The van der Waals surface area contributed by atoms with Crippen LogP contribution in [0.3, 0.4) is 0 Å². The van der Waals surface area contributed by atoms with Crippen molar-refractivity contribution in [2.75, 3.05) is 26.0 Å². The number of likely N-dealkylation sites (N-methyl/N-ethyl adjacent to an activating group) is 1. The second kappa shape index (κ2) is 5.08. The Morgan fingerprint density at radius 3 is 2.35 bits per heavy atom. The zero-order chi connectivity index (χ0) is 14.9. The fourth-order valence-corrected chi connectivity index (χ4v) is 1.55. The largest absolute Gasteiger partial charge is 0.347 e. The second-order valence-electron chi connectivity index (χ2n) is 4.39. The Balaban J connectivity index is 2.31. The normalized spacial score (nSPS) is 17.4. The summed E-state index contributed by atoms with van der Waals surface area (Å²) in [6.07, 6.45) is 4.33. The average molecular weight is 275 g/mol. The van der Waals surface area contributed by atoms with E-state index < -0.39 is 17.8 Å². The van der Waals surface area contributed by atoms with E-state index in [4.69, 9.17) is 0 Å². The summed E-state index contributed by atoms with van der Waals surface area (Å²) in [5.74, 6) is -0.871. The molecular formula is C12H13N5O3. The smallest absolute Gasteiger partial charge is 0.331 e. The fourth-order valence-electron chi connectivity index (χ4n) is 1.55. The van der Waals surface area contributed by atoms with Gasteiger partial charge in [-0.15, -0.1) is 0 Å². The minimum absolute atomic E-state index is 0.131. The van der Waals surface area contributed by atoms with Crippen LogP contribution in [0.25, 0.3) is 6.08 Å². The van der Waals surface area contributed by atoms with Crippen LogP contribution in [0.1, 0.15) is 5.56 Å². The van der Waals surface area contributed by atoms with Crippen LogP contribution < -0.4 is 10.2 Å². The van der Waals surface area contributed by atoms with Crippen LogP contribution in [0, 0.1) is 0 Å². The molecule has 1 aromatic heterocycles. The number of anilines is 1. The van der Waals surface area contributed by atoms with Gasteiger partial charge in [-0.3, -0.25) is 19.8 Å². The fraction of sp³-hybridized carbons (Fsp3) is 0.250. The number of amides is 4. The summed E-state index contributed by atoms with van der Waals surface area (Å²) >= 11 is 0. The van der Waals surface area contributed by atoms with Crippen LogP contribution in [-0.2, 0) is 9.59 Å². The van der Waals surface area contributed by atoms with Crippen molar-refractivity contribution >= 4 is 29.9 Å². The van der Waals surface area contributed by atoms with Gasteiger partial charge in [0.2, 0.25) is 5.95 Å². The maximum Gasteiger partial charge on any atom is 0.331 e. The Labute approximate surface area is 115 Å². The SMILES string of the molecule is CN1C(=O)NC(=O)C(=Cc2cnc(N(C)C)nc2)C1=O. The summed E-state index contributed by atoms with van der Waals surface area (Å²) in [6.45, 7) is 0. The molecule has 1 N–H and O–H groups in total. The minimum Gasteiger partial charge on any atom is -0.347 e. The second-order valence-corrected chi connectivity index (χ2v) is 4.39. The van der Waals surface area contributed by atoms with Gasteiger partial charge in [0.25, 0.3) is 11.8 Å². The molecule has 0 aliphatic carbocycles. The highest BCUT2D eigenvalue weighted by Gasteiger charge is 2.32. The van der Waals surface area contributed by atoms with E-state index in [0.29, 0.717) is 11.5 Å². The zero-order valence-electron chi connectivity index (χ0n) is 11.2. The van der Waals surface area contributed by atoms with Crippen molar-refractivity contribution in [1.29, 1.82) is 0 Å². The molecule has 0 aromatic carbocycles. The molecule has 4 amide bonds. The predicted molar refractivity (Wildman–Crippen MR) is 70.6 cm³/mol. The van der Waals surface area contributed by atoms with Gasteiger partial charge in [-0.1, -0.05) is 0 Å². The zero-order valence-corrected chi connectivity index (χ0v) is 11.2. The van der Waals surface area contributed by atoms with Crippen LogP contribution in [0.2, 0.25) is 0 Å². The molecule has 8 heteroatoms. The lowest BCUT2D eigenvalue weighted by molar-refractivity contribution is -0.129. The van der Waals surface area contributed by atoms with Crippen molar-refractivity contribution in [3.05, 3.63) is 23.5 Å². The highest BCUT2D eigenvalue weighted by molar-refractivity contribution is 6.30. The van der Waals surface area contributed by atoms with Crippen LogP contribution in [0.15, 0.2) is 18.0 Å². The number of hydrogen-bond acceptors (Lipinski definition) is 6. The van der Waals surface area contributed by atoms with Crippen LogP contribution >= 0.6 is 0 Å². The molecule has 0 saturated carbocycles. The molecule has 20 heavy (non-hydrogen) atoms. The lowest BCUT2D eigenvalue weighted by atomic mass is 10.1. The van der Waals surface area contributed by atoms with Crippen LogP contribution in [0.4, 0.5) is 10.7 Å². The van der Waals surface area contributed by atoms with Gasteiger partial charge in [0.1, 0.15) is 5.57 Å². The quantitative estimate of drug-likeness (QED) is 0.584. The van der Waals surface area contributed by atoms with E-state index in [-0.39, 0.29) is 5.57 Å². The third-order valence-corrected chi connectivity index (χ3v) is 2.67. The highest BCUT2D eigenvalue weighted by atomic mass is 16.2. The first-order valence-corrected chi connectivity index (χ1v) is 5.74. The van der Waals surface area contributed by atoms with Crippen molar-refractivity contribution in [3.63, 3.8) is 0 Å². The van der Waals surface area contributed by atoms with E-state index in [9.17, 15) is 14.4 Å². The number of nitrogens with zero attached hydrogens (tertiary/aromatic N) is 4. The van der Waals surface area contributed by atoms with Gasteiger partial charge in [-0.2, -0.15) is 0 Å². The number of barbiturate groups is 1. The number of carbonyl (C=O) groups excluding carboxylic acids is 3. The van der Waals surface area contributed by atoms with Crippen molar-refractivity contribution < 1.29 is 14.4 Å². The Morgan fingerprint density at radius 1 is 1.20 bits per heavy atom. The van der Waals surface area contributed by atoms with E-state index in [1.54, 1.807) is 19.0 Å². The van der Waals surface area contributed by atoms with Gasteiger partial charge < -0.3 is 4.90 Å². The number of nitrogens with one attached hydrogen (secondary N) is 1. The number of aromatic nitrogens is 2. The first kappa shape index (κ1) is 13.7. The monoisotopic (exact) mass is 275 g/mol. The summed E-state index contributed by atoms with van der Waals surface area (Å²) in [6, 6.07) is -0.739. The van der Waals surface area contributed by atoms with Crippen LogP contribution in [0.5, 0.6) is 0 Å². The first-order chi connectivity index (χ1) is 9.40. The molecule has 1 aliphatic heterocycles. The molecule has 8 nitrogen and oxygen atoms in total. The summed E-state index contributed by atoms with van der Waals surface area (Å²) < 4.78 is 0. The van der Waals surface area contributed by atoms with Crippen molar-refractivity contribution in [2.45, 2.75) is 0 Å². The highest BCUT2D eigenvalue weighted by Crippen LogP contribution is 2.13. The van der Waals surface area contributed by atoms with Crippen molar-refractivity contribution in [1.82, 2.24) is 20.2 Å². The maximum atomic E-state index is 11.9. The van der Waals surface area contributed by atoms with Gasteiger partial charge in [0, 0.05) is 39.1 Å². The Kier molecular flexibility index (Phi) is 3.47. The Morgan fingerprint density at radius 2 is 1.80 bits per heavy atom. The number of urea groups is 1. The molecule has 0 unspecified atom stereocenters. The molecular weight excluding hydrogens is 262 g/mol. The maximum absolute atomic E-state index is 11.9. The molecule has 1 fully saturated rings. The predicted octanol–water partition coefficient (Wildman–Crippen LogP) is -0.366. The van der Waals surface area contributed by atoms with Crippen molar-refractivity contribution in [3.8, 4) is 0 Å². The molecule has 0 atom stereocenters. The Bertz CT molecular complexity index is 606. The standard InChI is InChI=1S/C12H13N5O3/c1-16(2)11-13-5-7(6-14-11)4-8-9(18)15-12(20)17(3)10(8)19/h4-6H,1-3H3,(H,15,18,20). The van der Waals surface area contributed by atoms with Gasteiger partial charge in [-0.05, 0) is 6.08 Å². The average Bonchev–Trinajstić information content (AvgIpc) is 2.42. The van der Waals surface area contributed by atoms with E-state index in [0.717, 1.165) is 4.90 Å². The Hall–Kier alpha value is -2.77. The van der Waals surface area contributed by atoms with E-state index in [1.807, 2.05) is 0 Å². The first-order valence-electron chi connectivity index (χ1n) is 5.74. The van der Waals surface area contributed by atoms with Crippen molar-refractivity contribution in [2.24, 2.45) is 0 Å². The summed E-state index contributed by atoms with van der Waals surface area (Å²) in [5, 5.41) is 2.07. The third kappa shape index (κ3) is 2.48. The molecule has 1 aliphatic rings. The van der Waals surface area contributed by atoms with Gasteiger partial charge in [0.15, 0.2) is 0 Å². The number of hydrogen-bond donors (Lipinski definition) is 1. The third-order valence-electron chi connectivity index (χ3n) is 2.67. The van der Waals surface area contributed by atoms with E-state index in [1.165, 1.54) is 25.5 Å². The molecule has 2 rings (SSSR count). The molecule has 104 valence electrons. The number of rotatable bonds is 2. The minimum atomic E-state index is -0.739. The number of imide groups is 2. The summed E-state index contributed by atoms with van der Waals surface area (Å²) in [7, 11) is 4.89. The van der Waals surface area contributed by atoms with E-state index in [2.05, 4.69) is 15.3 Å². The van der Waals surface area contributed by atoms with Gasteiger partial charge in [0.05, 0.1) is 0 Å². The molecule has 1 saturated heterocycles. The van der Waals surface area contributed by atoms with Gasteiger partial charge >= 0.3 is 6.03 Å². The summed E-state index contributed by atoms with van der Waals surface area (Å²) in [4.78, 5) is 45.5. The molecule has 1 aromatic rings. The number of carbonyl (C=O) groups is 3. The topological polar surface area (TPSA) is 95.5 Å². The lowest BCUT2D eigenvalue weighted by Gasteiger charge is -2.22.